The molecule has 0 saturated heterocycles. The van der Waals surface area contributed by atoms with Crippen LogP contribution >= 0.6 is 0 Å². The van der Waals surface area contributed by atoms with Crippen LogP contribution in [0.15, 0.2) is 60.7 Å². The Balaban J connectivity index is 0.00000100. The second-order valence-corrected chi connectivity index (χ2v) is 6.14. The first-order chi connectivity index (χ1) is 11.6. The summed E-state index contributed by atoms with van der Waals surface area (Å²) in [5, 5.41) is 0. The van der Waals surface area contributed by atoms with Gasteiger partial charge in [0.1, 0.15) is 0 Å². The summed E-state index contributed by atoms with van der Waals surface area (Å²) in [6, 6.07) is 22.1. The number of hydrogen-bond acceptors (Lipinski definition) is 0. The van der Waals surface area contributed by atoms with Crippen LogP contribution < -0.4 is 0 Å². The van der Waals surface area contributed by atoms with Crippen LogP contribution in [0, 0.1) is 27.7 Å². The number of rotatable bonds is 2. The third-order valence-electron chi connectivity index (χ3n) is 4.49. The molecule has 0 amide bonds. The summed E-state index contributed by atoms with van der Waals surface area (Å²) < 4.78 is 0. The molecule has 0 nitrogen and oxygen atoms in total. The van der Waals surface area contributed by atoms with Crippen LogP contribution in [0.25, 0.3) is 22.3 Å². The van der Waals surface area contributed by atoms with Gasteiger partial charge < -0.3 is 0 Å². The summed E-state index contributed by atoms with van der Waals surface area (Å²) in [4.78, 5) is 0. The van der Waals surface area contributed by atoms with Gasteiger partial charge in [0, 0.05) is 0 Å². The predicted molar refractivity (Wildman–Crippen MR) is 108 cm³/mol. The molecule has 3 aromatic rings. The molecule has 24 heavy (non-hydrogen) atoms. The molecular weight excluding hydrogens is 288 g/mol. The average molecular weight is 316 g/mol. The van der Waals surface area contributed by atoms with E-state index in [1.165, 1.54) is 44.5 Å². The molecule has 0 aliphatic carbocycles. The molecule has 0 heteroatoms. The minimum atomic E-state index is 1.28. The third-order valence-corrected chi connectivity index (χ3v) is 4.49. The standard InChI is InChI=1S/C22H22.C2H6/c1-15-8-13-21(17(3)14-15)19-9-11-20(12-10-19)22-7-5-6-16(2)18(22)4;1-2/h5-14H,1-4H3;1-2H3. The summed E-state index contributed by atoms with van der Waals surface area (Å²) in [7, 11) is 0. The van der Waals surface area contributed by atoms with E-state index in [0.29, 0.717) is 0 Å². The molecular formula is C24H28. The van der Waals surface area contributed by atoms with Crippen LogP contribution in [-0.4, -0.2) is 0 Å². The van der Waals surface area contributed by atoms with Gasteiger partial charge >= 0.3 is 0 Å². The maximum absolute atomic E-state index is 2.24. The van der Waals surface area contributed by atoms with E-state index < -0.39 is 0 Å². The first-order valence-corrected chi connectivity index (χ1v) is 8.80. The summed E-state index contributed by atoms with van der Waals surface area (Å²) in [6.07, 6.45) is 0. The smallest absolute Gasteiger partial charge is 0.0152 e. The molecule has 3 rings (SSSR count). The van der Waals surface area contributed by atoms with Crippen molar-refractivity contribution in [2.24, 2.45) is 0 Å². The lowest BCUT2D eigenvalue weighted by Gasteiger charge is -2.11. The largest absolute Gasteiger partial charge is 0.0683 e. The molecule has 0 heterocycles. The van der Waals surface area contributed by atoms with Crippen molar-refractivity contribution < 1.29 is 0 Å². The zero-order chi connectivity index (χ0) is 17.7. The lowest BCUT2D eigenvalue weighted by atomic mass is 9.94. The first kappa shape index (κ1) is 18.0. The molecule has 0 unspecified atom stereocenters. The summed E-state index contributed by atoms with van der Waals surface area (Å²) in [5.74, 6) is 0. The highest BCUT2D eigenvalue weighted by Crippen LogP contribution is 2.29. The fourth-order valence-electron chi connectivity index (χ4n) is 3.03. The number of hydrogen-bond donors (Lipinski definition) is 0. The van der Waals surface area contributed by atoms with Crippen LogP contribution in [0.5, 0.6) is 0 Å². The zero-order valence-electron chi connectivity index (χ0n) is 15.8. The maximum Gasteiger partial charge on any atom is -0.0152 e. The van der Waals surface area contributed by atoms with E-state index in [9.17, 15) is 0 Å². The quantitative estimate of drug-likeness (QED) is 0.466. The molecule has 0 spiro atoms. The molecule has 0 atom stereocenters. The fourth-order valence-corrected chi connectivity index (χ4v) is 3.03. The van der Waals surface area contributed by atoms with Crippen molar-refractivity contribution >= 4 is 0 Å². The Morgan fingerprint density at radius 3 is 1.71 bits per heavy atom. The number of aryl methyl sites for hydroxylation is 3. The van der Waals surface area contributed by atoms with Crippen molar-refractivity contribution in [3.8, 4) is 22.3 Å². The molecule has 0 aromatic heterocycles. The highest BCUT2D eigenvalue weighted by atomic mass is 14.1. The highest BCUT2D eigenvalue weighted by Gasteiger charge is 2.06. The van der Waals surface area contributed by atoms with Gasteiger partial charge in [0.25, 0.3) is 0 Å². The second kappa shape index (κ2) is 7.97. The van der Waals surface area contributed by atoms with Crippen molar-refractivity contribution in [3.63, 3.8) is 0 Å². The van der Waals surface area contributed by atoms with Crippen LogP contribution in [0.4, 0.5) is 0 Å². The Kier molecular flexibility index (Phi) is 5.98. The number of benzene rings is 3. The average Bonchev–Trinajstić information content (AvgIpc) is 2.60. The van der Waals surface area contributed by atoms with E-state index in [1.807, 2.05) is 13.8 Å². The van der Waals surface area contributed by atoms with Gasteiger partial charge in [0.05, 0.1) is 0 Å². The van der Waals surface area contributed by atoms with Crippen molar-refractivity contribution in [2.75, 3.05) is 0 Å². The molecule has 3 aromatic carbocycles. The molecule has 0 saturated carbocycles. The van der Waals surface area contributed by atoms with Crippen LogP contribution in [0.3, 0.4) is 0 Å². The zero-order valence-corrected chi connectivity index (χ0v) is 15.8. The molecule has 0 aliphatic heterocycles. The van der Waals surface area contributed by atoms with E-state index in [2.05, 4.69) is 88.4 Å². The van der Waals surface area contributed by atoms with Crippen molar-refractivity contribution in [3.05, 3.63) is 82.9 Å². The van der Waals surface area contributed by atoms with Gasteiger partial charge in [-0.1, -0.05) is 80.1 Å². The monoisotopic (exact) mass is 316 g/mol. The van der Waals surface area contributed by atoms with Crippen molar-refractivity contribution in [1.82, 2.24) is 0 Å². The Bertz CT molecular complexity index is 808. The Morgan fingerprint density at radius 2 is 1.12 bits per heavy atom. The fraction of sp³-hybridized carbons (Fsp3) is 0.250. The van der Waals surface area contributed by atoms with Crippen LogP contribution in [0.2, 0.25) is 0 Å². The predicted octanol–water partition coefficient (Wildman–Crippen LogP) is 7.28. The van der Waals surface area contributed by atoms with Gasteiger partial charge in [-0.2, -0.15) is 0 Å². The Morgan fingerprint density at radius 1 is 0.542 bits per heavy atom. The van der Waals surface area contributed by atoms with Crippen molar-refractivity contribution in [1.29, 1.82) is 0 Å². The van der Waals surface area contributed by atoms with Crippen LogP contribution in [-0.2, 0) is 0 Å². The van der Waals surface area contributed by atoms with Gasteiger partial charge in [-0.3, -0.25) is 0 Å². The van der Waals surface area contributed by atoms with Crippen molar-refractivity contribution in [2.45, 2.75) is 41.5 Å². The second-order valence-electron chi connectivity index (χ2n) is 6.14. The minimum absolute atomic E-state index is 1.28. The summed E-state index contributed by atoms with van der Waals surface area (Å²) in [6.45, 7) is 12.7. The lowest BCUT2D eigenvalue weighted by molar-refractivity contribution is 1.34. The topological polar surface area (TPSA) is 0 Å². The van der Waals surface area contributed by atoms with E-state index >= 15 is 0 Å². The van der Waals surface area contributed by atoms with E-state index in [-0.39, 0.29) is 0 Å². The molecule has 0 radical (unpaired) electrons. The molecule has 0 bridgehead atoms. The van der Waals surface area contributed by atoms with E-state index in [1.54, 1.807) is 0 Å². The molecule has 124 valence electrons. The molecule has 0 fully saturated rings. The SMILES string of the molecule is CC.Cc1ccc(-c2ccc(-c3cccc(C)c3C)cc2)c(C)c1. The van der Waals surface area contributed by atoms with Crippen LogP contribution in [0.1, 0.15) is 36.1 Å². The van der Waals surface area contributed by atoms with Gasteiger partial charge in [-0.05, 0) is 66.6 Å². The van der Waals surface area contributed by atoms with Gasteiger partial charge in [0.2, 0.25) is 0 Å². The Hall–Kier alpha value is -2.34. The lowest BCUT2D eigenvalue weighted by Crippen LogP contribution is -1.88. The highest BCUT2D eigenvalue weighted by molar-refractivity contribution is 5.74. The van der Waals surface area contributed by atoms with E-state index in [4.69, 9.17) is 0 Å². The molecule has 0 N–H and O–H groups in total. The third kappa shape index (κ3) is 3.76. The van der Waals surface area contributed by atoms with Gasteiger partial charge in [0.15, 0.2) is 0 Å². The normalized spacial score (nSPS) is 10.1. The Labute approximate surface area is 147 Å². The van der Waals surface area contributed by atoms with Gasteiger partial charge in [-0.15, -0.1) is 0 Å². The first-order valence-electron chi connectivity index (χ1n) is 8.80. The molecule has 0 aliphatic rings. The summed E-state index contributed by atoms with van der Waals surface area (Å²) in [5.41, 5.74) is 10.6. The maximum atomic E-state index is 2.24. The minimum Gasteiger partial charge on any atom is -0.0683 e. The van der Waals surface area contributed by atoms with Gasteiger partial charge in [-0.25, -0.2) is 0 Å². The van der Waals surface area contributed by atoms with E-state index in [0.717, 1.165) is 0 Å². The summed E-state index contributed by atoms with van der Waals surface area (Å²) >= 11 is 0.